The van der Waals surface area contributed by atoms with E-state index < -0.39 is 0 Å². The fraction of sp³-hybridized carbons (Fsp3) is 0.222. The van der Waals surface area contributed by atoms with E-state index in [0.29, 0.717) is 6.42 Å². The molecule has 0 unspecified atom stereocenters. The maximum Gasteiger partial charge on any atom is 0.123 e. The summed E-state index contributed by atoms with van der Waals surface area (Å²) in [6.07, 6.45) is 5.27. The van der Waals surface area contributed by atoms with E-state index in [-0.39, 0.29) is 0 Å². The zero-order chi connectivity index (χ0) is 8.10. The molecule has 1 nitrogen and oxygen atoms in total. The Hall–Kier alpha value is -0.890. The second kappa shape index (κ2) is 4.09. The lowest BCUT2D eigenvalue weighted by atomic mass is 10.2. The summed E-state index contributed by atoms with van der Waals surface area (Å²) in [7, 11) is 0. The first-order chi connectivity index (χ1) is 5.34. The molecule has 0 aliphatic carbocycles. The summed E-state index contributed by atoms with van der Waals surface area (Å²) in [6.45, 7) is 2.07. The molecule has 0 aliphatic rings. The molecule has 0 aliphatic heterocycles. The first-order valence-electron chi connectivity index (χ1n) is 3.47. The topological polar surface area (TPSA) is 17.1 Å². The van der Waals surface area contributed by atoms with Gasteiger partial charge in [-0.25, -0.2) is 0 Å². The molecule has 0 saturated heterocycles. The van der Waals surface area contributed by atoms with Gasteiger partial charge in [0.25, 0.3) is 0 Å². The van der Waals surface area contributed by atoms with Gasteiger partial charge in [0.05, 0.1) is 0 Å². The summed E-state index contributed by atoms with van der Waals surface area (Å²) in [5, 5.41) is 4.18. The van der Waals surface area contributed by atoms with Crippen molar-refractivity contribution in [1.82, 2.24) is 0 Å². The molecule has 1 aromatic rings. The Morgan fingerprint density at radius 2 is 2.36 bits per heavy atom. The molecular weight excluding hydrogens is 156 g/mol. The van der Waals surface area contributed by atoms with Crippen LogP contribution in [0, 0.1) is 6.92 Å². The van der Waals surface area contributed by atoms with Gasteiger partial charge in [0.15, 0.2) is 0 Å². The molecule has 2 heteroatoms. The van der Waals surface area contributed by atoms with Crippen LogP contribution in [0.3, 0.4) is 0 Å². The molecule has 0 atom stereocenters. The predicted octanol–water partition coefficient (Wildman–Crippen LogP) is 2.66. The number of carbonyl (C=O) groups is 1. The molecule has 0 radical (unpaired) electrons. The zero-order valence-corrected chi connectivity index (χ0v) is 7.23. The Morgan fingerprint density at radius 3 is 2.91 bits per heavy atom. The second-order valence-corrected chi connectivity index (χ2v) is 3.06. The normalized spacial score (nSPS) is 10.6. The highest BCUT2D eigenvalue weighted by atomic mass is 32.1. The van der Waals surface area contributed by atoms with Gasteiger partial charge in [-0.05, 0) is 28.8 Å². The van der Waals surface area contributed by atoms with Crippen LogP contribution in [0.2, 0.25) is 0 Å². The third kappa shape index (κ3) is 2.31. The minimum Gasteiger partial charge on any atom is -0.303 e. The number of carbonyl (C=O) groups excluding carboxylic acids is 1. The Kier molecular flexibility index (Phi) is 3.05. The van der Waals surface area contributed by atoms with E-state index in [0.717, 1.165) is 6.29 Å². The van der Waals surface area contributed by atoms with E-state index >= 15 is 0 Å². The number of rotatable bonds is 3. The molecular formula is C9H10OS. The third-order valence-electron chi connectivity index (χ3n) is 1.42. The van der Waals surface area contributed by atoms with E-state index in [1.807, 2.05) is 12.2 Å². The van der Waals surface area contributed by atoms with Gasteiger partial charge >= 0.3 is 0 Å². The van der Waals surface area contributed by atoms with Crippen LogP contribution in [0.1, 0.15) is 17.5 Å². The van der Waals surface area contributed by atoms with Crippen LogP contribution in [-0.2, 0) is 4.79 Å². The van der Waals surface area contributed by atoms with Crippen molar-refractivity contribution in [3.63, 3.8) is 0 Å². The second-order valence-electron chi connectivity index (χ2n) is 2.31. The van der Waals surface area contributed by atoms with Crippen molar-refractivity contribution < 1.29 is 4.79 Å². The molecule has 0 fully saturated rings. The Labute approximate surface area is 70.4 Å². The number of allylic oxidation sites excluding steroid dienone is 1. The van der Waals surface area contributed by atoms with Gasteiger partial charge in [0, 0.05) is 6.42 Å². The highest BCUT2D eigenvalue weighted by Gasteiger charge is 1.91. The van der Waals surface area contributed by atoms with Crippen molar-refractivity contribution in [3.8, 4) is 0 Å². The minimum absolute atomic E-state index is 0.509. The van der Waals surface area contributed by atoms with Crippen molar-refractivity contribution in [2.24, 2.45) is 0 Å². The lowest BCUT2D eigenvalue weighted by Gasteiger charge is -1.86. The largest absolute Gasteiger partial charge is 0.303 e. The molecule has 0 aromatic carbocycles. The Bertz CT molecular complexity index is 260. The molecule has 0 N–H and O–H groups in total. The third-order valence-corrected chi connectivity index (χ3v) is 2.30. The number of hydrogen-bond acceptors (Lipinski definition) is 2. The van der Waals surface area contributed by atoms with E-state index in [2.05, 4.69) is 17.7 Å². The minimum atomic E-state index is 0.509. The lowest BCUT2D eigenvalue weighted by Crippen LogP contribution is -1.70. The van der Waals surface area contributed by atoms with Crippen molar-refractivity contribution >= 4 is 23.7 Å². The standard InChI is InChI=1S/C9H10OS/c1-8-6-11-7-9(8)4-2-3-5-10/h2,4-7H,3H2,1H3. The van der Waals surface area contributed by atoms with E-state index in [1.165, 1.54) is 11.1 Å². The van der Waals surface area contributed by atoms with Gasteiger partial charge < -0.3 is 4.79 Å². The van der Waals surface area contributed by atoms with Crippen LogP contribution in [0.15, 0.2) is 16.8 Å². The monoisotopic (exact) mass is 166 g/mol. The average Bonchev–Trinajstić information content (AvgIpc) is 2.37. The summed E-state index contributed by atoms with van der Waals surface area (Å²) in [6, 6.07) is 0. The van der Waals surface area contributed by atoms with E-state index in [1.54, 1.807) is 11.3 Å². The Balaban J connectivity index is 2.63. The first-order valence-corrected chi connectivity index (χ1v) is 4.42. The quantitative estimate of drug-likeness (QED) is 0.631. The van der Waals surface area contributed by atoms with Crippen LogP contribution >= 0.6 is 11.3 Å². The van der Waals surface area contributed by atoms with Crippen molar-refractivity contribution in [3.05, 3.63) is 28.0 Å². The van der Waals surface area contributed by atoms with Gasteiger partial charge in [-0.3, -0.25) is 0 Å². The highest BCUT2D eigenvalue weighted by molar-refractivity contribution is 7.08. The maximum atomic E-state index is 9.97. The summed E-state index contributed by atoms with van der Waals surface area (Å²) >= 11 is 1.68. The lowest BCUT2D eigenvalue weighted by molar-refractivity contribution is -0.107. The van der Waals surface area contributed by atoms with Gasteiger partial charge in [0.2, 0.25) is 0 Å². The molecule has 0 amide bonds. The van der Waals surface area contributed by atoms with E-state index in [4.69, 9.17) is 0 Å². The summed E-state index contributed by atoms with van der Waals surface area (Å²) in [5.74, 6) is 0. The van der Waals surface area contributed by atoms with Crippen LogP contribution in [0.5, 0.6) is 0 Å². The van der Waals surface area contributed by atoms with Gasteiger partial charge in [-0.1, -0.05) is 12.2 Å². The molecule has 58 valence electrons. The zero-order valence-electron chi connectivity index (χ0n) is 6.41. The van der Waals surface area contributed by atoms with Gasteiger partial charge in [0.1, 0.15) is 6.29 Å². The fourth-order valence-corrected chi connectivity index (χ4v) is 1.61. The number of aldehydes is 1. The average molecular weight is 166 g/mol. The molecule has 1 aromatic heterocycles. The smallest absolute Gasteiger partial charge is 0.123 e. The predicted molar refractivity (Wildman–Crippen MR) is 48.8 cm³/mol. The summed E-state index contributed by atoms with van der Waals surface area (Å²) in [4.78, 5) is 9.97. The molecule has 0 bridgehead atoms. The fourth-order valence-electron chi connectivity index (χ4n) is 0.792. The molecule has 0 spiro atoms. The number of aryl methyl sites for hydroxylation is 1. The number of hydrogen-bond donors (Lipinski definition) is 0. The van der Waals surface area contributed by atoms with Crippen molar-refractivity contribution in [2.45, 2.75) is 13.3 Å². The molecule has 1 rings (SSSR count). The van der Waals surface area contributed by atoms with Crippen LogP contribution in [0.4, 0.5) is 0 Å². The summed E-state index contributed by atoms with van der Waals surface area (Å²) in [5.41, 5.74) is 2.49. The van der Waals surface area contributed by atoms with Crippen molar-refractivity contribution in [2.75, 3.05) is 0 Å². The van der Waals surface area contributed by atoms with Crippen LogP contribution in [-0.4, -0.2) is 6.29 Å². The SMILES string of the molecule is Cc1cscc1C=CCC=O. The molecule has 0 saturated carbocycles. The number of thiophene rings is 1. The van der Waals surface area contributed by atoms with Crippen LogP contribution < -0.4 is 0 Å². The molecule has 11 heavy (non-hydrogen) atoms. The van der Waals surface area contributed by atoms with Crippen LogP contribution in [0.25, 0.3) is 6.08 Å². The first kappa shape index (κ1) is 8.21. The maximum absolute atomic E-state index is 9.97. The van der Waals surface area contributed by atoms with Gasteiger partial charge in [-0.2, -0.15) is 11.3 Å². The van der Waals surface area contributed by atoms with Crippen molar-refractivity contribution in [1.29, 1.82) is 0 Å². The van der Waals surface area contributed by atoms with Gasteiger partial charge in [-0.15, -0.1) is 0 Å². The van der Waals surface area contributed by atoms with E-state index in [9.17, 15) is 4.79 Å². The summed E-state index contributed by atoms with van der Waals surface area (Å²) < 4.78 is 0. The highest BCUT2D eigenvalue weighted by Crippen LogP contribution is 2.14. The molecule has 1 heterocycles. The Morgan fingerprint density at radius 1 is 1.55 bits per heavy atom.